The Morgan fingerprint density at radius 1 is 1.03 bits per heavy atom. The van der Waals surface area contributed by atoms with Gasteiger partial charge >= 0.3 is 0 Å². The van der Waals surface area contributed by atoms with E-state index in [0.29, 0.717) is 28.2 Å². The van der Waals surface area contributed by atoms with E-state index in [1.54, 1.807) is 59.7 Å². The fourth-order valence-electron chi connectivity index (χ4n) is 3.08. The molecule has 6 nitrogen and oxygen atoms in total. The van der Waals surface area contributed by atoms with Gasteiger partial charge in [-0.05, 0) is 43.3 Å². The molecule has 0 radical (unpaired) electrons. The highest BCUT2D eigenvalue weighted by Crippen LogP contribution is 2.24. The van der Waals surface area contributed by atoms with Crippen LogP contribution in [-0.4, -0.2) is 28.8 Å². The third-order valence-electron chi connectivity index (χ3n) is 4.66. The lowest BCUT2D eigenvalue weighted by molar-refractivity contribution is -0.132. The molecule has 0 bridgehead atoms. The van der Waals surface area contributed by atoms with Gasteiger partial charge in [0.05, 0.1) is 26.3 Å². The number of ether oxygens (including phenoxy) is 1. The molecule has 150 valence electrons. The number of amides is 1. The zero-order chi connectivity index (χ0) is 20.8. The summed E-state index contributed by atoms with van der Waals surface area (Å²) in [5.41, 5.74) is 1.79. The minimum atomic E-state index is -0.177. The van der Waals surface area contributed by atoms with Crippen molar-refractivity contribution >= 4 is 11.7 Å². The Morgan fingerprint density at radius 3 is 2.48 bits per heavy atom. The van der Waals surface area contributed by atoms with E-state index < -0.39 is 0 Å². The van der Waals surface area contributed by atoms with Crippen LogP contribution >= 0.6 is 0 Å². The number of aromatic hydroxyl groups is 1. The molecule has 0 spiro atoms. The van der Waals surface area contributed by atoms with E-state index in [4.69, 9.17) is 9.15 Å². The van der Waals surface area contributed by atoms with Crippen molar-refractivity contribution in [3.05, 3.63) is 83.3 Å². The van der Waals surface area contributed by atoms with Crippen molar-refractivity contribution in [2.24, 2.45) is 0 Å². The normalized spacial score (nSPS) is 10.6. The van der Waals surface area contributed by atoms with Crippen molar-refractivity contribution in [2.45, 2.75) is 26.4 Å². The van der Waals surface area contributed by atoms with Crippen LogP contribution in [0.1, 0.15) is 34.2 Å². The van der Waals surface area contributed by atoms with Crippen molar-refractivity contribution in [3.8, 4) is 11.5 Å². The summed E-state index contributed by atoms with van der Waals surface area (Å²) < 4.78 is 10.8. The summed E-state index contributed by atoms with van der Waals surface area (Å²) in [7, 11) is 1.53. The van der Waals surface area contributed by atoms with Crippen molar-refractivity contribution in [1.82, 2.24) is 4.90 Å². The molecular formula is C23H23NO5. The number of hydrogen-bond donors (Lipinski definition) is 1. The summed E-state index contributed by atoms with van der Waals surface area (Å²) in [4.78, 5) is 26.5. The number of rotatable bonds is 8. The third kappa shape index (κ3) is 5.04. The Bertz CT molecular complexity index is 994. The molecule has 29 heavy (non-hydrogen) atoms. The summed E-state index contributed by atoms with van der Waals surface area (Å²) in [6.45, 7) is 1.96. The van der Waals surface area contributed by atoms with Gasteiger partial charge in [0.1, 0.15) is 17.3 Å². The second-order valence-electron chi connectivity index (χ2n) is 6.72. The molecule has 3 aromatic rings. The molecule has 6 heteroatoms. The van der Waals surface area contributed by atoms with Gasteiger partial charge in [-0.15, -0.1) is 0 Å². The number of para-hydroxylation sites is 1. The molecule has 0 saturated carbocycles. The predicted octanol–water partition coefficient (Wildman–Crippen LogP) is 3.97. The zero-order valence-electron chi connectivity index (χ0n) is 16.4. The number of furan rings is 1. The van der Waals surface area contributed by atoms with Gasteiger partial charge in [-0.3, -0.25) is 9.59 Å². The fourth-order valence-corrected chi connectivity index (χ4v) is 3.08. The van der Waals surface area contributed by atoms with Crippen LogP contribution in [0.2, 0.25) is 0 Å². The van der Waals surface area contributed by atoms with Crippen molar-refractivity contribution < 1.29 is 23.8 Å². The first-order valence-electron chi connectivity index (χ1n) is 9.23. The van der Waals surface area contributed by atoms with E-state index in [1.165, 1.54) is 14.0 Å². The molecule has 0 aliphatic heterocycles. The van der Waals surface area contributed by atoms with Crippen molar-refractivity contribution in [2.75, 3.05) is 7.11 Å². The lowest BCUT2D eigenvalue weighted by atomic mass is 10.0. The summed E-state index contributed by atoms with van der Waals surface area (Å²) in [6, 6.07) is 15.5. The molecule has 1 amide bonds. The lowest BCUT2D eigenvalue weighted by Crippen LogP contribution is -2.31. The average molecular weight is 393 g/mol. The molecule has 0 unspecified atom stereocenters. The maximum Gasteiger partial charge on any atom is 0.227 e. The van der Waals surface area contributed by atoms with Crippen molar-refractivity contribution in [1.29, 1.82) is 0 Å². The summed E-state index contributed by atoms with van der Waals surface area (Å²) in [5.74, 6) is 1.05. The summed E-state index contributed by atoms with van der Waals surface area (Å²) >= 11 is 0. The average Bonchev–Trinajstić information content (AvgIpc) is 3.22. The van der Waals surface area contributed by atoms with Crippen LogP contribution in [0.15, 0.2) is 65.3 Å². The molecule has 1 N–H and O–H groups in total. The second kappa shape index (κ2) is 9.10. The first kappa shape index (κ1) is 20.2. The predicted molar refractivity (Wildman–Crippen MR) is 108 cm³/mol. The standard InChI is InChI=1S/C23H23NO5/c1-16(25)17-9-10-22(28-2)19(12-17)13-23(27)24(15-20-7-5-11-29-20)14-18-6-3-4-8-21(18)26/h3-12,26H,13-15H2,1-2H3. The van der Waals surface area contributed by atoms with Gasteiger partial charge in [-0.25, -0.2) is 0 Å². The molecule has 3 rings (SSSR count). The number of benzene rings is 2. The van der Waals surface area contributed by atoms with Crippen LogP contribution < -0.4 is 4.74 Å². The number of nitrogens with zero attached hydrogens (tertiary/aromatic N) is 1. The third-order valence-corrected chi connectivity index (χ3v) is 4.66. The highest BCUT2D eigenvalue weighted by molar-refractivity contribution is 5.94. The first-order chi connectivity index (χ1) is 14.0. The SMILES string of the molecule is COc1ccc(C(C)=O)cc1CC(=O)N(Cc1ccco1)Cc1ccccc1O. The van der Waals surface area contributed by atoms with Crippen LogP contribution in [0.3, 0.4) is 0 Å². The van der Waals surface area contributed by atoms with E-state index >= 15 is 0 Å². The van der Waals surface area contributed by atoms with Gasteiger partial charge in [-0.2, -0.15) is 0 Å². The Balaban J connectivity index is 1.87. The van der Waals surface area contributed by atoms with Crippen LogP contribution in [0, 0.1) is 0 Å². The quantitative estimate of drug-likeness (QED) is 0.586. The highest BCUT2D eigenvalue weighted by atomic mass is 16.5. The minimum absolute atomic E-state index is 0.0542. The fraction of sp³-hybridized carbons (Fsp3) is 0.217. The van der Waals surface area contributed by atoms with Gasteiger partial charge in [0, 0.05) is 23.2 Å². The maximum atomic E-state index is 13.2. The smallest absolute Gasteiger partial charge is 0.227 e. The zero-order valence-corrected chi connectivity index (χ0v) is 16.4. The number of hydrogen-bond acceptors (Lipinski definition) is 5. The number of phenolic OH excluding ortho intramolecular Hbond substituents is 1. The Morgan fingerprint density at radius 2 is 1.83 bits per heavy atom. The Labute approximate surface area is 169 Å². The van der Waals surface area contributed by atoms with E-state index in [9.17, 15) is 14.7 Å². The maximum absolute atomic E-state index is 13.2. The first-order valence-corrected chi connectivity index (χ1v) is 9.23. The van der Waals surface area contributed by atoms with E-state index in [2.05, 4.69) is 0 Å². The number of ketones is 1. The monoisotopic (exact) mass is 393 g/mol. The molecule has 0 aliphatic carbocycles. The number of carbonyl (C=O) groups is 2. The van der Waals surface area contributed by atoms with Crippen LogP contribution in [0.4, 0.5) is 0 Å². The molecule has 1 aromatic heterocycles. The second-order valence-corrected chi connectivity index (χ2v) is 6.72. The minimum Gasteiger partial charge on any atom is -0.508 e. The van der Waals surface area contributed by atoms with E-state index in [1.807, 2.05) is 6.07 Å². The molecular weight excluding hydrogens is 370 g/mol. The van der Waals surface area contributed by atoms with Crippen LogP contribution in [-0.2, 0) is 24.3 Å². The lowest BCUT2D eigenvalue weighted by Gasteiger charge is -2.23. The highest BCUT2D eigenvalue weighted by Gasteiger charge is 2.20. The molecule has 2 aromatic carbocycles. The number of carbonyl (C=O) groups excluding carboxylic acids is 2. The van der Waals surface area contributed by atoms with Gasteiger partial charge in [0.2, 0.25) is 5.91 Å². The van der Waals surface area contributed by atoms with Crippen molar-refractivity contribution in [3.63, 3.8) is 0 Å². The summed E-state index contributed by atoms with van der Waals surface area (Å²) in [6.07, 6.45) is 1.61. The van der Waals surface area contributed by atoms with Crippen LogP contribution in [0.5, 0.6) is 11.5 Å². The van der Waals surface area contributed by atoms with Crippen LogP contribution in [0.25, 0.3) is 0 Å². The molecule has 0 aliphatic rings. The number of Topliss-reactive ketones (excluding diaryl/α,β-unsaturated/α-hetero) is 1. The molecule has 0 atom stereocenters. The molecule has 0 saturated heterocycles. The van der Waals surface area contributed by atoms with Gasteiger partial charge < -0.3 is 19.2 Å². The van der Waals surface area contributed by atoms with Gasteiger partial charge in [0.15, 0.2) is 5.78 Å². The van der Waals surface area contributed by atoms with E-state index in [-0.39, 0.29) is 37.0 Å². The Kier molecular flexibility index (Phi) is 6.34. The summed E-state index contributed by atoms with van der Waals surface area (Å²) in [5, 5.41) is 10.1. The topological polar surface area (TPSA) is 80.0 Å². The van der Waals surface area contributed by atoms with Gasteiger partial charge in [-0.1, -0.05) is 18.2 Å². The number of phenols is 1. The largest absolute Gasteiger partial charge is 0.508 e. The number of methoxy groups -OCH3 is 1. The van der Waals surface area contributed by atoms with Gasteiger partial charge in [0.25, 0.3) is 0 Å². The Hall–Kier alpha value is -3.54. The molecule has 0 fully saturated rings. The van der Waals surface area contributed by atoms with E-state index in [0.717, 1.165) is 0 Å². The molecule has 1 heterocycles.